The number of ketones is 1. The van der Waals surface area contributed by atoms with Crippen LogP contribution in [-0.2, 0) is 9.53 Å². The van der Waals surface area contributed by atoms with Crippen LogP contribution in [0.3, 0.4) is 0 Å². The fraction of sp³-hybridized carbons (Fsp3) is 0.343. The van der Waals surface area contributed by atoms with Crippen LogP contribution in [0, 0.1) is 5.95 Å². The summed E-state index contributed by atoms with van der Waals surface area (Å²) in [5.74, 6) is -0.699. The van der Waals surface area contributed by atoms with Crippen molar-refractivity contribution in [2.45, 2.75) is 36.6 Å². The topological polar surface area (TPSA) is 121 Å². The first-order chi connectivity index (χ1) is 23.1. The minimum Gasteiger partial charge on any atom is -0.476 e. The van der Waals surface area contributed by atoms with E-state index in [2.05, 4.69) is 25.8 Å². The van der Waals surface area contributed by atoms with E-state index >= 15 is 0 Å². The molecule has 0 amide bonds. The van der Waals surface area contributed by atoms with Gasteiger partial charge in [-0.2, -0.15) is 22.7 Å². The number of morpholine rings is 1. The molecule has 9 nitrogen and oxygen atoms in total. The first kappa shape index (κ1) is 33.5. The molecule has 3 heterocycles. The number of pyridine rings is 1. The Morgan fingerprint density at radius 2 is 1.88 bits per heavy atom. The molecule has 1 aliphatic heterocycles. The van der Waals surface area contributed by atoms with Crippen LogP contribution in [0.15, 0.2) is 79.0 Å². The van der Waals surface area contributed by atoms with E-state index in [1.54, 1.807) is 60.7 Å². The third kappa shape index (κ3) is 7.65. The first-order valence-electron chi connectivity index (χ1n) is 15.6. The number of nitrogens with zero attached hydrogens (tertiary/aromatic N) is 2. The van der Waals surface area contributed by atoms with Crippen LogP contribution < -0.4 is 15.4 Å². The molecule has 2 fully saturated rings. The van der Waals surface area contributed by atoms with Crippen molar-refractivity contribution in [3.05, 3.63) is 102 Å². The summed E-state index contributed by atoms with van der Waals surface area (Å²) >= 11 is 0. The van der Waals surface area contributed by atoms with Gasteiger partial charge in [0.25, 0.3) is 0 Å². The molecule has 252 valence electrons. The van der Waals surface area contributed by atoms with Gasteiger partial charge in [0.15, 0.2) is 11.4 Å². The average molecular weight is 666 g/mol. The molecule has 1 saturated carbocycles. The summed E-state index contributed by atoms with van der Waals surface area (Å²) in [4.78, 5) is 17.1. The molecule has 1 unspecified atom stereocenters. The van der Waals surface area contributed by atoms with Crippen molar-refractivity contribution >= 4 is 27.8 Å². The number of carbonyl (C=O) groups excluding carboxylic acids is 1. The lowest BCUT2D eigenvalue weighted by Gasteiger charge is -2.33. The summed E-state index contributed by atoms with van der Waals surface area (Å²) in [6.07, 6.45) is 0.524. The maximum atomic E-state index is 14.5. The number of ether oxygens (including phenoxy) is 2. The number of aromatic amines is 1. The lowest BCUT2D eigenvalue weighted by atomic mass is 9.88. The summed E-state index contributed by atoms with van der Waals surface area (Å²) in [7, 11) is 0. The summed E-state index contributed by atoms with van der Waals surface area (Å²) in [6.45, 7) is 1.48. The number of aromatic nitrogens is 3. The molecular formula is C35H35F4N5O4. The zero-order valence-corrected chi connectivity index (χ0v) is 25.9. The number of allylic oxidation sites excluding steroid dienone is 1. The molecule has 0 bridgehead atoms. The highest BCUT2D eigenvalue weighted by Crippen LogP contribution is 2.40. The van der Waals surface area contributed by atoms with Gasteiger partial charge < -0.3 is 25.2 Å². The summed E-state index contributed by atoms with van der Waals surface area (Å²) in [5, 5.41) is 22.5. The van der Waals surface area contributed by atoms with Crippen molar-refractivity contribution < 1.29 is 36.9 Å². The zero-order valence-electron chi connectivity index (χ0n) is 25.9. The molecule has 48 heavy (non-hydrogen) atoms. The van der Waals surface area contributed by atoms with E-state index in [1.165, 1.54) is 18.3 Å². The number of H-pyrrole nitrogens is 1. The van der Waals surface area contributed by atoms with E-state index in [9.17, 15) is 27.5 Å². The standard InChI is InChI=1S/C35H35F4N5O4/c36-32-26-17-24(8-10-28(26)43-44-32)31(27(18-35(37,38)39)23-5-2-1-3-6-23)25-9-11-30(41-19-25)47-22-33(12-13-33)42-14-4-7-29(46)34(21-45)20-40-15-16-48-34/h1-11,17,19,40,42,45H,12-16,18,20-22H2,(H,43,44)/b7-4+,31-27-. The summed E-state index contributed by atoms with van der Waals surface area (Å²) < 4.78 is 68.1. The zero-order chi connectivity index (χ0) is 33.8. The van der Waals surface area contributed by atoms with Crippen LogP contribution in [0.5, 0.6) is 5.88 Å². The number of aliphatic hydroxyl groups excluding tert-OH is 1. The van der Waals surface area contributed by atoms with Gasteiger partial charge in [-0.05, 0) is 59.4 Å². The Labute approximate surface area is 274 Å². The number of rotatable bonds is 13. The van der Waals surface area contributed by atoms with Crippen LogP contribution in [0.4, 0.5) is 17.6 Å². The summed E-state index contributed by atoms with van der Waals surface area (Å²) in [5.41, 5.74) is 0.219. The summed E-state index contributed by atoms with van der Waals surface area (Å²) in [6, 6.07) is 16.2. The second kappa shape index (κ2) is 14.0. The Hall–Kier alpha value is -4.43. The van der Waals surface area contributed by atoms with Crippen molar-refractivity contribution in [2.75, 3.05) is 39.5 Å². The van der Waals surface area contributed by atoms with Gasteiger partial charge in [-0.25, -0.2) is 4.98 Å². The number of hydrogen-bond acceptors (Lipinski definition) is 8. The number of nitrogens with one attached hydrogen (secondary N) is 3. The van der Waals surface area contributed by atoms with Crippen molar-refractivity contribution in [1.82, 2.24) is 25.8 Å². The third-order valence-electron chi connectivity index (χ3n) is 8.61. The predicted molar refractivity (Wildman–Crippen MR) is 172 cm³/mol. The average Bonchev–Trinajstić information content (AvgIpc) is 3.79. The Balaban J connectivity index is 1.20. The molecule has 13 heteroatoms. The molecule has 2 aromatic carbocycles. The molecule has 1 atom stereocenters. The van der Waals surface area contributed by atoms with Crippen LogP contribution in [0.2, 0.25) is 0 Å². The number of carbonyl (C=O) groups is 1. The fourth-order valence-electron chi connectivity index (χ4n) is 5.76. The van der Waals surface area contributed by atoms with Gasteiger partial charge in [0.2, 0.25) is 11.8 Å². The van der Waals surface area contributed by atoms with E-state index in [-0.39, 0.29) is 46.9 Å². The Kier molecular flexibility index (Phi) is 9.74. The monoisotopic (exact) mass is 665 g/mol. The smallest absolute Gasteiger partial charge is 0.393 e. The van der Waals surface area contributed by atoms with E-state index in [0.29, 0.717) is 41.9 Å². The number of halogens is 4. The van der Waals surface area contributed by atoms with Crippen molar-refractivity contribution in [1.29, 1.82) is 0 Å². The minimum atomic E-state index is -4.52. The number of alkyl halides is 3. The molecule has 1 saturated heterocycles. The molecule has 0 radical (unpaired) electrons. The number of fused-ring (bicyclic) bond motifs is 1. The highest BCUT2D eigenvalue weighted by molar-refractivity contribution is 6.00. The Bertz CT molecular complexity index is 1800. The molecule has 1 aliphatic carbocycles. The second-order valence-corrected chi connectivity index (χ2v) is 12.1. The Morgan fingerprint density at radius 1 is 1.08 bits per heavy atom. The molecular weight excluding hydrogens is 630 g/mol. The van der Waals surface area contributed by atoms with Gasteiger partial charge in [-0.1, -0.05) is 42.5 Å². The number of aliphatic hydroxyl groups is 1. The van der Waals surface area contributed by atoms with Gasteiger partial charge in [-0.3, -0.25) is 9.89 Å². The van der Waals surface area contributed by atoms with Gasteiger partial charge >= 0.3 is 6.18 Å². The molecule has 4 aromatic rings. The molecule has 6 rings (SSSR count). The fourth-order valence-corrected chi connectivity index (χ4v) is 5.76. The van der Waals surface area contributed by atoms with E-state index in [1.807, 2.05) is 0 Å². The lowest BCUT2D eigenvalue weighted by Crippen LogP contribution is -2.57. The SMILES string of the molecule is O=C(/C=C/CNC1(COc2ccc(/C(=C(/CC(F)(F)F)c3ccccc3)c3ccc4n[nH]c(F)c4c3)cn2)CC1)C1(CO)CNCCO1. The maximum Gasteiger partial charge on any atom is 0.393 e. The van der Waals surface area contributed by atoms with Crippen molar-refractivity contribution in [3.8, 4) is 5.88 Å². The second-order valence-electron chi connectivity index (χ2n) is 12.1. The van der Waals surface area contributed by atoms with Crippen LogP contribution in [-0.4, -0.2) is 82.8 Å². The quantitative estimate of drug-likeness (QED) is 0.0897. The molecule has 2 aromatic heterocycles. The van der Waals surface area contributed by atoms with E-state index in [4.69, 9.17) is 9.47 Å². The maximum absolute atomic E-state index is 14.5. The lowest BCUT2D eigenvalue weighted by molar-refractivity contribution is -0.149. The molecule has 4 N–H and O–H groups in total. The number of benzene rings is 2. The van der Waals surface area contributed by atoms with Gasteiger partial charge in [-0.15, -0.1) is 0 Å². The van der Waals surface area contributed by atoms with Gasteiger partial charge in [0.1, 0.15) is 6.61 Å². The van der Waals surface area contributed by atoms with Crippen molar-refractivity contribution in [2.24, 2.45) is 0 Å². The van der Waals surface area contributed by atoms with Gasteiger partial charge in [0.05, 0.1) is 36.1 Å². The minimum absolute atomic E-state index is 0.0192. The highest BCUT2D eigenvalue weighted by Gasteiger charge is 2.43. The first-order valence-corrected chi connectivity index (χ1v) is 15.6. The normalized spacial score (nSPS) is 19.8. The Morgan fingerprint density at radius 3 is 2.54 bits per heavy atom. The number of hydrogen-bond donors (Lipinski definition) is 4. The van der Waals surface area contributed by atoms with Crippen LogP contribution in [0.25, 0.3) is 22.0 Å². The van der Waals surface area contributed by atoms with Crippen LogP contribution in [0.1, 0.15) is 36.0 Å². The van der Waals surface area contributed by atoms with Crippen LogP contribution >= 0.6 is 0 Å². The molecule has 0 spiro atoms. The predicted octanol–water partition coefficient (Wildman–Crippen LogP) is 4.99. The third-order valence-corrected chi connectivity index (χ3v) is 8.61. The van der Waals surface area contributed by atoms with Crippen molar-refractivity contribution in [3.63, 3.8) is 0 Å². The van der Waals surface area contributed by atoms with E-state index in [0.717, 1.165) is 12.8 Å². The highest BCUT2D eigenvalue weighted by atomic mass is 19.4. The molecule has 2 aliphatic rings. The largest absolute Gasteiger partial charge is 0.476 e. The van der Waals surface area contributed by atoms with Gasteiger partial charge in [0, 0.05) is 37.5 Å². The van der Waals surface area contributed by atoms with E-state index < -0.39 is 30.8 Å².